The second-order valence-electron chi connectivity index (χ2n) is 3.38. The molecule has 5 nitrogen and oxygen atoms in total. The highest BCUT2D eigenvalue weighted by Gasteiger charge is 2.32. The molecule has 0 heterocycles. The van der Waals surface area contributed by atoms with Gasteiger partial charge in [0.05, 0.1) is 6.26 Å². The van der Waals surface area contributed by atoms with E-state index in [4.69, 9.17) is 16.5 Å². The van der Waals surface area contributed by atoms with Crippen molar-refractivity contribution in [2.45, 2.75) is 20.3 Å². The first-order valence-electron chi connectivity index (χ1n) is 5.43. The summed E-state index contributed by atoms with van der Waals surface area (Å²) >= 11 is 6.96. The molecule has 0 aromatic rings. The first-order chi connectivity index (χ1) is 8.43. The Morgan fingerprint density at radius 1 is 1.50 bits per heavy atom. The average Bonchev–Trinajstić information content (AvgIpc) is 2.39. The lowest BCUT2D eigenvalue weighted by atomic mass is 10.6. The Labute approximate surface area is 117 Å². The highest BCUT2D eigenvalue weighted by atomic mass is 32.9. The first kappa shape index (κ1) is 17.5. The molecule has 8 heteroatoms. The molecule has 104 valence electrons. The molecule has 0 rings (SSSR count). The largest absolute Gasteiger partial charge is 0.420 e. The third-order valence-corrected chi connectivity index (χ3v) is 10.2. The summed E-state index contributed by atoms with van der Waals surface area (Å²) in [5, 5.41) is 0. The van der Waals surface area contributed by atoms with E-state index < -0.39 is 11.6 Å². The predicted octanol–water partition coefficient (Wildman–Crippen LogP) is 3.04. The van der Waals surface area contributed by atoms with Crippen LogP contribution in [0.25, 0.3) is 0 Å². The summed E-state index contributed by atoms with van der Waals surface area (Å²) in [6.07, 6.45) is 3.94. The first-order valence-corrected chi connectivity index (χ1v) is 9.73. The van der Waals surface area contributed by atoms with Crippen LogP contribution in [0.5, 0.6) is 0 Å². The van der Waals surface area contributed by atoms with E-state index in [9.17, 15) is 9.59 Å². The Hall–Kier alpha value is -0.520. The maximum absolute atomic E-state index is 11.8. The Bertz CT molecular complexity index is 363. The Morgan fingerprint density at radius 2 is 2.11 bits per heavy atom. The zero-order valence-corrected chi connectivity index (χ0v) is 13.6. The molecule has 0 saturated heterocycles. The number of nitrogens with zero attached hydrogens (tertiary/aromatic N) is 2. The number of rotatable bonds is 7. The maximum atomic E-state index is 11.8. The molecule has 0 aliphatic carbocycles. The van der Waals surface area contributed by atoms with Crippen LogP contribution < -0.4 is 0 Å². The molecule has 0 radical (unpaired) electrons. The zero-order valence-electron chi connectivity index (χ0n) is 11.0. The van der Waals surface area contributed by atoms with Gasteiger partial charge >= 0.3 is 6.09 Å². The molecule has 0 aromatic carbocycles. The van der Waals surface area contributed by atoms with Gasteiger partial charge < -0.3 is 4.74 Å². The predicted molar refractivity (Wildman–Crippen MR) is 79.9 cm³/mol. The van der Waals surface area contributed by atoms with Crippen molar-refractivity contribution >= 4 is 41.2 Å². The third-order valence-electron chi connectivity index (χ3n) is 1.96. The summed E-state index contributed by atoms with van der Waals surface area (Å²) in [4.78, 5) is 22.7. The van der Waals surface area contributed by atoms with Crippen molar-refractivity contribution in [3.05, 3.63) is 12.3 Å². The summed E-state index contributed by atoms with van der Waals surface area (Å²) in [5.41, 5.74) is -2.47. The van der Waals surface area contributed by atoms with E-state index in [0.29, 0.717) is 6.41 Å². The monoisotopic (exact) mass is 310 g/mol. The van der Waals surface area contributed by atoms with Crippen LogP contribution in [0.1, 0.15) is 20.3 Å². The molecule has 0 N–H and O–H groups in total. The third kappa shape index (κ3) is 4.63. The zero-order chi connectivity index (χ0) is 14.2. The van der Waals surface area contributed by atoms with Gasteiger partial charge in [-0.25, -0.2) is 4.79 Å². The standard InChI is InChI=1S/C10H19N2O3PS2/c1-5-7-15-10(14)12(4)16(17,11(3)9-13)18-8-6-2/h5,7,9H,6,8H2,1-4H3. The van der Waals surface area contributed by atoms with Gasteiger partial charge in [-0.05, 0) is 25.2 Å². The van der Waals surface area contributed by atoms with Gasteiger partial charge in [-0.3, -0.25) is 14.1 Å². The van der Waals surface area contributed by atoms with Crippen molar-refractivity contribution in [2.75, 3.05) is 19.8 Å². The van der Waals surface area contributed by atoms with Gasteiger partial charge in [0.25, 0.3) is 0 Å². The van der Waals surface area contributed by atoms with E-state index in [1.807, 2.05) is 6.92 Å². The normalized spacial score (nSPS) is 14.0. The van der Waals surface area contributed by atoms with Crippen LogP contribution in [0.2, 0.25) is 0 Å². The maximum Gasteiger partial charge on any atom is 0.420 e. The molecule has 0 spiro atoms. The molecule has 0 bridgehead atoms. The number of carbonyl (C=O) groups excluding carboxylic acids is 2. The lowest BCUT2D eigenvalue weighted by Gasteiger charge is -2.34. The fraction of sp³-hybridized carbons (Fsp3) is 0.600. The molecule has 0 aromatic heterocycles. The van der Waals surface area contributed by atoms with Crippen molar-refractivity contribution in [2.24, 2.45) is 0 Å². The van der Waals surface area contributed by atoms with Crippen molar-refractivity contribution in [1.82, 2.24) is 9.34 Å². The van der Waals surface area contributed by atoms with Crippen molar-refractivity contribution < 1.29 is 14.3 Å². The molecule has 0 aliphatic heterocycles. The fourth-order valence-corrected chi connectivity index (χ4v) is 6.17. The number of hydrogen-bond acceptors (Lipinski definition) is 5. The van der Waals surface area contributed by atoms with E-state index in [0.717, 1.165) is 12.2 Å². The topological polar surface area (TPSA) is 49.9 Å². The fourth-order valence-electron chi connectivity index (χ4n) is 0.965. The summed E-state index contributed by atoms with van der Waals surface area (Å²) in [6.45, 7) is 3.76. The van der Waals surface area contributed by atoms with E-state index in [1.54, 1.807) is 27.1 Å². The smallest absolute Gasteiger partial charge is 0.418 e. The quantitative estimate of drug-likeness (QED) is 0.411. The second-order valence-corrected chi connectivity index (χ2v) is 10.8. The molecule has 1 unspecified atom stereocenters. The highest BCUT2D eigenvalue weighted by Crippen LogP contribution is 2.62. The number of ether oxygens (including phenoxy) is 1. The van der Waals surface area contributed by atoms with Crippen LogP contribution in [0.4, 0.5) is 4.79 Å². The van der Waals surface area contributed by atoms with Crippen molar-refractivity contribution in [3.63, 3.8) is 0 Å². The molecule has 0 aliphatic rings. The van der Waals surface area contributed by atoms with Crippen LogP contribution in [0, 0.1) is 0 Å². The van der Waals surface area contributed by atoms with Gasteiger partial charge in [0.2, 0.25) is 6.41 Å². The van der Waals surface area contributed by atoms with Crippen LogP contribution >= 0.6 is 16.9 Å². The van der Waals surface area contributed by atoms with Gasteiger partial charge in [0, 0.05) is 19.8 Å². The Balaban J connectivity index is 5.00. The van der Waals surface area contributed by atoms with Gasteiger partial charge in [-0.2, -0.15) is 0 Å². The van der Waals surface area contributed by atoms with Crippen LogP contribution in [-0.4, -0.2) is 41.7 Å². The summed E-state index contributed by atoms with van der Waals surface area (Å²) in [7, 11) is 3.16. The molecule has 0 fully saturated rings. The Morgan fingerprint density at radius 3 is 2.56 bits per heavy atom. The summed E-state index contributed by atoms with van der Waals surface area (Å²) in [5.74, 6) is 0.788. The number of hydrogen-bond donors (Lipinski definition) is 0. The van der Waals surface area contributed by atoms with Crippen LogP contribution in [-0.2, 0) is 21.3 Å². The number of allylic oxidation sites excluding steroid dienone is 1. The molecule has 18 heavy (non-hydrogen) atoms. The van der Waals surface area contributed by atoms with Crippen LogP contribution in [0.15, 0.2) is 12.3 Å². The Kier molecular flexibility index (Phi) is 8.31. The van der Waals surface area contributed by atoms with E-state index in [2.05, 4.69) is 0 Å². The van der Waals surface area contributed by atoms with E-state index in [-0.39, 0.29) is 0 Å². The summed E-state index contributed by atoms with van der Waals surface area (Å²) in [6, 6.07) is 0. The number of carbonyl (C=O) groups is 2. The van der Waals surface area contributed by atoms with Crippen molar-refractivity contribution in [3.8, 4) is 0 Å². The minimum atomic E-state index is -2.47. The molecular weight excluding hydrogens is 291 g/mol. The SMILES string of the molecule is CC=COC(=O)N(C)P(=S)(SCCC)N(C)C=O. The lowest BCUT2D eigenvalue weighted by Crippen LogP contribution is -2.29. The number of amides is 2. The van der Waals surface area contributed by atoms with Crippen LogP contribution in [0.3, 0.4) is 0 Å². The average molecular weight is 310 g/mol. The van der Waals surface area contributed by atoms with Gasteiger partial charge in [-0.1, -0.05) is 24.4 Å². The van der Waals surface area contributed by atoms with Crippen molar-refractivity contribution in [1.29, 1.82) is 0 Å². The van der Waals surface area contributed by atoms with E-state index in [1.165, 1.54) is 27.0 Å². The molecular formula is C10H19N2O3PS2. The van der Waals surface area contributed by atoms with Gasteiger partial charge in [0.15, 0.2) is 5.54 Å². The molecule has 1 atom stereocenters. The summed E-state index contributed by atoms with van der Waals surface area (Å²) < 4.78 is 7.62. The minimum absolute atomic E-state index is 0.547. The highest BCUT2D eigenvalue weighted by molar-refractivity contribution is 8.69. The van der Waals surface area contributed by atoms with E-state index >= 15 is 0 Å². The van der Waals surface area contributed by atoms with Gasteiger partial charge in [0.1, 0.15) is 0 Å². The second kappa shape index (κ2) is 8.56. The lowest BCUT2D eigenvalue weighted by molar-refractivity contribution is -0.113. The molecule has 2 amide bonds. The molecule has 0 saturated carbocycles. The van der Waals surface area contributed by atoms with Gasteiger partial charge in [-0.15, -0.1) is 0 Å². The minimum Gasteiger partial charge on any atom is -0.418 e.